The Labute approximate surface area is 341 Å². The largest absolute Gasteiger partial charge is 0.472 e. The molecule has 1 N–H and O–H groups in total. The summed E-state index contributed by atoms with van der Waals surface area (Å²) in [4.78, 5) is 35.4. The van der Waals surface area contributed by atoms with Crippen LogP contribution in [0.3, 0.4) is 0 Å². The fraction of sp³-hybridized carbons (Fsp3) is 0.907. The van der Waals surface area contributed by atoms with Crippen LogP contribution in [0.15, 0.2) is 6.20 Å². The van der Waals surface area contributed by atoms with E-state index in [0.29, 0.717) is 17.4 Å². The van der Waals surface area contributed by atoms with E-state index in [1.54, 1.807) is 0 Å². The molecular formula is C43H84N4O8P+. The molecule has 12 nitrogen and oxygen atoms in total. The molecule has 1 aromatic heterocycles. The van der Waals surface area contributed by atoms with Crippen LogP contribution in [0.5, 0.6) is 0 Å². The van der Waals surface area contributed by atoms with Gasteiger partial charge in [0.05, 0.1) is 33.4 Å². The summed E-state index contributed by atoms with van der Waals surface area (Å²) in [7, 11) is 1.45. The summed E-state index contributed by atoms with van der Waals surface area (Å²) in [6.07, 6.45) is 31.8. The topological polar surface area (TPSA) is 139 Å². The fourth-order valence-corrected chi connectivity index (χ4v) is 7.19. The SMILES string of the molecule is CCCCCCCCCCCCCCCC(=O)OC[C@H](COP(=O)(O)OCC[N+](C)(C)C)OC(=O)CCCCCCCCc1cn(CCCCCCCC)nn1. The Bertz CT molecular complexity index is 1150. The summed E-state index contributed by atoms with van der Waals surface area (Å²) in [6.45, 7) is 5.30. The Hall–Kier alpha value is -1.85. The number of phosphoric acid groups is 1. The lowest BCUT2D eigenvalue weighted by Gasteiger charge is -2.24. The van der Waals surface area contributed by atoms with Crippen molar-refractivity contribution < 1.29 is 42.1 Å². The number of rotatable bonds is 40. The van der Waals surface area contributed by atoms with Gasteiger partial charge in [-0.3, -0.25) is 23.3 Å². The van der Waals surface area contributed by atoms with Crippen molar-refractivity contribution in [3.05, 3.63) is 11.9 Å². The lowest BCUT2D eigenvalue weighted by molar-refractivity contribution is -0.870. The number of hydrogen-bond donors (Lipinski definition) is 1. The highest BCUT2D eigenvalue weighted by atomic mass is 31.2. The number of aryl methyl sites for hydroxylation is 2. The van der Waals surface area contributed by atoms with E-state index in [9.17, 15) is 19.0 Å². The molecule has 2 atom stereocenters. The molecule has 1 heterocycles. The van der Waals surface area contributed by atoms with Crippen LogP contribution in [0, 0.1) is 0 Å². The molecule has 0 aliphatic rings. The summed E-state index contributed by atoms with van der Waals surface area (Å²) in [5.74, 6) is -0.827. The number of likely N-dealkylation sites (N-methyl/N-ethyl adjacent to an activating group) is 1. The van der Waals surface area contributed by atoms with Crippen LogP contribution in [-0.2, 0) is 45.6 Å². The molecular weight excluding hydrogens is 731 g/mol. The third-order valence-corrected chi connectivity index (χ3v) is 11.0. The van der Waals surface area contributed by atoms with E-state index in [4.69, 9.17) is 18.5 Å². The number of esters is 2. The quantitative estimate of drug-likeness (QED) is 0.0295. The summed E-state index contributed by atoms with van der Waals surface area (Å²) in [5, 5.41) is 8.62. The monoisotopic (exact) mass is 816 g/mol. The van der Waals surface area contributed by atoms with Gasteiger partial charge in [0, 0.05) is 25.6 Å². The number of unbranched alkanes of at least 4 members (excludes halogenated alkanes) is 22. The highest BCUT2D eigenvalue weighted by Gasteiger charge is 2.27. The highest BCUT2D eigenvalue weighted by molar-refractivity contribution is 7.47. The van der Waals surface area contributed by atoms with Gasteiger partial charge >= 0.3 is 19.8 Å². The van der Waals surface area contributed by atoms with Crippen molar-refractivity contribution in [2.45, 2.75) is 206 Å². The number of quaternary nitrogens is 1. The Morgan fingerprint density at radius 3 is 1.70 bits per heavy atom. The molecule has 0 radical (unpaired) electrons. The predicted molar refractivity (Wildman–Crippen MR) is 225 cm³/mol. The zero-order valence-corrected chi connectivity index (χ0v) is 37.4. The molecule has 0 fully saturated rings. The van der Waals surface area contributed by atoms with Gasteiger partial charge in [-0.15, -0.1) is 5.10 Å². The average Bonchev–Trinajstić information content (AvgIpc) is 3.60. The molecule has 0 aliphatic heterocycles. The van der Waals surface area contributed by atoms with Crippen LogP contribution in [0.1, 0.15) is 193 Å². The Morgan fingerprint density at radius 2 is 1.16 bits per heavy atom. The van der Waals surface area contributed by atoms with Crippen LogP contribution >= 0.6 is 7.82 Å². The maximum atomic E-state index is 12.7. The van der Waals surface area contributed by atoms with Gasteiger partial charge in [0.1, 0.15) is 19.8 Å². The first-order chi connectivity index (χ1) is 26.9. The smallest absolute Gasteiger partial charge is 0.462 e. The third kappa shape index (κ3) is 33.2. The summed E-state index contributed by atoms with van der Waals surface area (Å²) < 4.78 is 36.3. The molecule has 0 aromatic carbocycles. The van der Waals surface area contributed by atoms with Crippen molar-refractivity contribution in [3.63, 3.8) is 0 Å². The van der Waals surface area contributed by atoms with Crippen molar-refractivity contribution in [2.75, 3.05) is 47.5 Å². The molecule has 0 saturated heterocycles. The summed E-state index contributed by atoms with van der Waals surface area (Å²) >= 11 is 0. The normalized spacial score (nSPS) is 13.5. The zero-order chi connectivity index (χ0) is 41.2. The van der Waals surface area contributed by atoms with Crippen molar-refractivity contribution in [2.24, 2.45) is 0 Å². The molecule has 0 aliphatic carbocycles. The first-order valence-electron chi connectivity index (χ1n) is 22.6. The lowest BCUT2D eigenvalue weighted by Crippen LogP contribution is -2.37. The number of nitrogens with zero attached hydrogens (tertiary/aromatic N) is 4. The fourth-order valence-electron chi connectivity index (χ4n) is 6.45. The lowest BCUT2D eigenvalue weighted by atomic mass is 10.0. The van der Waals surface area contributed by atoms with Crippen molar-refractivity contribution >= 4 is 19.8 Å². The van der Waals surface area contributed by atoms with Crippen LogP contribution in [0.25, 0.3) is 0 Å². The number of carbonyl (C=O) groups excluding carboxylic acids is 2. The molecule has 0 spiro atoms. The van der Waals surface area contributed by atoms with Gasteiger partial charge in [-0.05, 0) is 32.1 Å². The minimum Gasteiger partial charge on any atom is -0.462 e. The molecule has 0 saturated carbocycles. The van der Waals surface area contributed by atoms with E-state index >= 15 is 0 Å². The Balaban J connectivity index is 2.32. The second-order valence-electron chi connectivity index (χ2n) is 16.8. The van der Waals surface area contributed by atoms with Crippen LogP contribution in [-0.4, -0.2) is 89.9 Å². The van der Waals surface area contributed by atoms with E-state index < -0.39 is 26.5 Å². The number of phosphoric ester groups is 1. The first kappa shape index (κ1) is 52.2. The van der Waals surface area contributed by atoms with Gasteiger partial charge in [-0.1, -0.05) is 154 Å². The van der Waals surface area contributed by atoms with Crippen molar-refractivity contribution in [1.29, 1.82) is 0 Å². The Kier molecular flexibility index (Phi) is 31.7. The molecule has 1 aromatic rings. The summed E-state index contributed by atoms with van der Waals surface area (Å²) in [5.41, 5.74) is 1.05. The van der Waals surface area contributed by atoms with Crippen LogP contribution in [0.2, 0.25) is 0 Å². The number of ether oxygens (including phenoxy) is 2. The van der Waals surface area contributed by atoms with Gasteiger partial charge in [0.25, 0.3) is 0 Å². The standard InChI is InChI=1S/C43H83N4O8P/c1-6-8-10-12-14-15-16-17-18-19-20-24-28-32-42(48)52-38-41(39-54-56(50,51)53-36-35-47(3,4)5)55-43(49)33-29-25-22-21-23-27-31-40-37-46(45-44-40)34-30-26-13-11-9-7-2/h37,41H,6-36,38-39H2,1-5H3/p+1/t41-/m1/s1. The van der Waals surface area contributed by atoms with Gasteiger partial charge < -0.3 is 18.9 Å². The molecule has 0 amide bonds. The van der Waals surface area contributed by atoms with Crippen LogP contribution in [0.4, 0.5) is 0 Å². The number of aromatic nitrogens is 3. The molecule has 56 heavy (non-hydrogen) atoms. The molecule has 1 rings (SSSR count). The van der Waals surface area contributed by atoms with E-state index in [1.807, 2.05) is 25.8 Å². The minimum absolute atomic E-state index is 0.0246. The van der Waals surface area contributed by atoms with Gasteiger partial charge in [0.2, 0.25) is 0 Å². The molecule has 328 valence electrons. The van der Waals surface area contributed by atoms with E-state index in [0.717, 1.165) is 76.4 Å². The van der Waals surface area contributed by atoms with E-state index in [1.165, 1.54) is 96.3 Å². The van der Waals surface area contributed by atoms with Crippen molar-refractivity contribution in [1.82, 2.24) is 15.0 Å². The zero-order valence-electron chi connectivity index (χ0n) is 36.5. The van der Waals surface area contributed by atoms with Gasteiger partial charge in [-0.2, -0.15) is 0 Å². The minimum atomic E-state index is -4.39. The maximum Gasteiger partial charge on any atom is 0.472 e. The Morgan fingerprint density at radius 1 is 0.679 bits per heavy atom. The van der Waals surface area contributed by atoms with Crippen molar-refractivity contribution in [3.8, 4) is 0 Å². The summed E-state index contributed by atoms with van der Waals surface area (Å²) in [6, 6.07) is 0. The van der Waals surface area contributed by atoms with E-state index in [2.05, 4.69) is 30.4 Å². The molecule has 13 heteroatoms. The molecule has 0 bridgehead atoms. The first-order valence-corrected chi connectivity index (χ1v) is 24.1. The highest BCUT2D eigenvalue weighted by Crippen LogP contribution is 2.43. The van der Waals surface area contributed by atoms with Gasteiger partial charge in [0.15, 0.2) is 6.10 Å². The second kappa shape index (κ2) is 34.1. The predicted octanol–water partition coefficient (Wildman–Crippen LogP) is 10.7. The second-order valence-corrected chi connectivity index (χ2v) is 18.2. The molecule has 1 unspecified atom stereocenters. The number of carbonyl (C=O) groups is 2. The average molecular weight is 816 g/mol. The van der Waals surface area contributed by atoms with Gasteiger partial charge in [-0.25, -0.2) is 4.57 Å². The van der Waals surface area contributed by atoms with Crippen LogP contribution < -0.4 is 0 Å². The van der Waals surface area contributed by atoms with E-state index in [-0.39, 0.29) is 32.0 Å². The number of hydrogen-bond acceptors (Lipinski definition) is 9. The third-order valence-electron chi connectivity index (χ3n) is 10.0. The maximum absolute atomic E-state index is 12.7.